The minimum absolute atomic E-state index is 0.334. The zero-order valence-electron chi connectivity index (χ0n) is 9.39. The first-order chi connectivity index (χ1) is 8.58. The Morgan fingerprint density at radius 2 is 1.83 bits per heavy atom. The smallest absolute Gasteiger partial charge is 0.252 e. The van der Waals surface area contributed by atoms with Crippen molar-refractivity contribution in [2.24, 2.45) is 5.73 Å². The molecule has 2 aromatic rings. The Morgan fingerprint density at radius 1 is 1.11 bits per heavy atom. The van der Waals surface area contributed by atoms with Crippen LogP contribution in [0.4, 0.5) is 5.69 Å². The lowest BCUT2D eigenvalue weighted by Gasteiger charge is -2.10. The van der Waals surface area contributed by atoms with Gasteiger partial charge >= 0.3 is 0 Å². The van der Waals surface area contributed by atoms with Gasteiger partial charge in [0.2, 0.25) is 0 Å². The van der Waals surface area contributed by atoms with Gasteiger partial charge in [-0.3, -0.25) is 4.79 Å². The third-order valence-electron chi connectivity index (χ3n) is 2.33. The van der Waals surface area contributed by atoms with Crippen molar-refractivity contribution < 1.29 is 9.53 Å². The van der Waals surface area contributed by atoms with Crippen LogP contribution in [-0.2, 0) is 0 Å². The Kier molecular flexibility index (Phi) is 3.53. The monoisotopic (exact) mass is 306 g/mol. The summed E-state index contributed by atoms with van der Waals surface area (Å²) < 4.78 is 6.36. The van der Waals surface area contributed by atoms with Crippen LogP contribution in [0, 0.1) is 0 Å². The number of anilines is 1. The number of benzene rings is 2. The summed E-state index contributed by atoms with van der Waals surface area (Å²) in [6.07, 6.45) is 0. The maximum atomic E-state index is 11.3. The summed E-state index contributed by atoms with van der Waals surface area (Å²) in [6, 6.07) is 12.0. The second-order valence-electron chi connectivity index (χ2n) is 3.65. The summed E-state index contributed by atoms with van der Waals surface area (Å²) in [7, 11) is 0. The summed E-state index contributed by atoms with van der Waals surface area (Å²) in [5.74, 6) is 0.450. The Bertz CT molecular complexity index is 599. The maximum absolute atomic E-state index is 11.3. The molecule has 0 heterocycles. The molecular formula is C13H11BrN2O2. The summed E-state index contributed by atoms with van der Waals surface area (Å²) >= 11 is 3.35. The number of ether oxygens (including phenoxy) is 1. The zero-order valence-corrected chi connectivity index (χ0v) is 11.0. The van der Waals surface area contributed by atoms with E-state index in [2.05, 4.69) is 15.9 Å². The fourth-order valence-electron chi connectivity index (χ4n) is 1.48. The summed E-state index contributed by atoms with van der Waals surface area (Å²) in [6.45, 7) is 0. The highest BCUT2D eigenvalue weighted by Gasteiger charge is 2.10. The summed E-state index contributed by atoms with van der Waals surface area (Å²) in [5.41, 5.74) is 11.9. The van der Waals surface area contributed by atoms with Crippen molar-refractivity contribution in [3.8, 4) is 11.5 Å². The number of nitrogen functional groups attached to an aromatic ring is 1. The SMILES string of the molecule is NC(=O)c1ccccc1Oc1ccc(N)cc1Br. The number of carbonyl (C=O) groups excluding carboxylic acids is 1. The average molecular weight is 307 g/mol. The van der Waals surface area contributed by atoms with E-state index in [-0.39, 0.29) is 0 Å². The van der Waals surface area contributed by atoms with Crippen molar-refractivity contribution in [2.45, 2.75) is 0 Å². The molecule has 0 fully saturated rings. The Hall–Kier alpha value is -2.01. The molecule has 5 heteroatoms. The molecule has 18 heavy (non-hydrogen) atoms. The standard InChI is InChI=1S/C13H11BrN2O2/c14-10-7-8(15)5-6-12(10)18-11-4-2-1-3-9(11)13(16)17/h1-7H,15H2,(H2,16,17). The number of amides is 1. The van der Waals surface area contributed by atoms with E-state index in [0.29, 0.717) is 27.2 Å². The van der Waals surface area contributed by atoms with Gasteiger partial charge in [0, 0.05) is 5.69 Å². The van der Waals surface area contributed by atoms with Crippen molar-refractivity contribution in [2.75, 3.05) is 5.73 Å². The molecule has 0 unspecified atom stereocenters. The lowest BCUT2D eigenvalue weighted by molar-refractivity contribution is 0.0998. The Morgan fingerprint density at radius 3 is 2.50 bits per heavy atom. The van der Waals surface area contributed by atoms with Crippen LogP contribution in [-0.4, -0.2) is 5.91 Å². The second-order valence-corrected chi connectivity index (χ2v) is 4.51. The van der Waals surface area contributed by atoms with Crippen molar-refractivity contribution in [1.29, 1.82) is 0 Å². The predicted octanol–water partition coefficient (Wildman–Crippen LogP) is 2.92. The van der Waals surface area contributed by atoms with Gasteiger partial charge in [0.1, 0.15) is 11.5 Å². The molecule has 0 radical (unpaired) electrons. The summed E-state index contributed by atoms with van der Waals surface area (Å²) in [4.78, 5) is 11.3. The van der Waals surface area contributed by atoms with E-state index in [4.69, 9.17) is 16.2 Å². The highest BCUT2D eigenvalue weighted by molar-refractivity contribution is 9.10. The lowest BCUT2D eigenvalue weighted by Crippen LogP contribution is -2.12. The van der Waals surface area contributed by atoms with E-state index >= 15 is 0 Å². The lowest BCUT2D eigenvalue weighted by atomic mass is 10.2. The fraction of sp³-hybridized carbons (Fsp3) is 0. The van der Waals surface area contributed by atoms with Crippen LogP contribution in [0.5, 0.6) is 11.5 Å². The molecule has 0 aliphatic heterocycles. The molecule has 0 spiro atoms. The van der Waals surface area contributed by atoms with Crippen LogP contribution >= 0.6 is 15.9 Å². The largest absolute Gasteiger partial charge is 0.455 e. The number of para-hydroxylation sites is 1. The molecule has 2 rings (SSSR count). The first-order valence-corrected chi connectivity index (χ1v) is 5.99. The van der Waals surface area contributed by atoms with Gasteiger partial charge in [-0.2, -0.15) is 0 Å². The highest BCUT2D eigenvalue weighted by Crippen LogP contribution is 2.32. The molecule has 0 aromatic heterocycles. The van der Waals surface area contributed by atoms with Crippen LogP contribution in [0.2, 0.25) is 0 Å². The fourth-order valence-corrected chi connectivity index (χ4v) is 1.95. The van der Waals surface area contributed by atoms with Crippen LogP contribution in [0.15, 0.2) is 46.9 Å². The third kappa shape index (κ3) is 2.62. The molecule has 92 valence electrons. The van der Waals surface area contributed by atoms with Crippen molar-refractivity contribution in [3.63, 3.8) is 0 Å². The number of rotatable bonds is 3. The van der Waals surface area contributed by atoms with Crippen LogP contribution in [0.1, 0.15) is 10.4 Å². The Labute approximate surface area is 113 Å². The molecule has 0 aliphatic carbocycles. The van der Waals surface area contributed by atoms with E-state index in [1.165, 1.54) is 0 Å². The number of hydrogen-bond acceptors (Lipinski definition) is 3. The van der Waals surface area contributed by atoms with E-state index in [0.717, 1.165) is 0 Å². The minimum Gasteiger partial charge on any atom is -0.455 e. The number of hydrogen-bond donors (Lipinski definition) is 2. The molecule has 2 aromatic carbocycles. The van der Waals surface area contributed by atoms with Gasteiger partial charge in [-0.15, -0.1) is 0 Å². The predicted molar refractivity (Wildman–Crippen MR) is 73.6 cm³/mol. The van der Waals surface area contributed by atoms with Gasteiger partial charge < -0.3 is 16.2 Å². The van der Waals surface area contributed by atoms with E-state index in [1.54, 1.807) is 42.5 Å². The first-order valence-electron chi connectivity index (χ1n) is 5.19. The van der Waals surface area contributed by atoms with E-state index < -0.39 is 5.91 Å². The Balaban J connectivity index is 2.37. The molecule has 1 amide bonds. The number of carbonyl (C=O) groups is 1. The molecule has 0 aliphatic rings. The number of halogens is 1. The molecule has 4 N–H and O–H groups in total. The van der Waals surface area contributed by atoms with Gasteiger partial charge in [0.05, 0.1) is 10.0 Å². The molecule has 4 nitrogen and oxygen atoms in total. The number of primary amides is 1. The zero-order chi connectivity index (χ0) is 13.1. The maximum Gasteiger partial charge on any atom is 0.252 e. The topological polar surface area (TPSA) is 78.3 Å². The number of nitrogens with two attached hydrogens (primary N) is 2. The van der Waals surface area contributed by atoms with Crippen molar-refractivity contribution in [1.82, 2.24) is 0 Å². The molecule has 0 saturated heterocycles. The van der Waals surface area contributed by atoms with Crippen LogP contribution in [0.3, 0.4) is 0 Å². The van der Waals surface area contributed by atoms with Crippen LogP contribution in [0.25, 0.3) is 0 Å². The van der Waals surface area contributed by atoms with Crippen molar-refractivity contribution >= 4 is 27.5 Å². The third-order valence-corrected chi connectivity index (χ3v) is 2.95. The minimum atomic E-state index is -0.530. The van der Waals surface area contributed by atoms with Gasteiger partial charge in [0.15, 0.2) is 0 Å². The quantitative estimate of drug-likeness (QED) is 0.856. The molecule has 0 bridgehead atoms. The highest BCUT2D eigenvalue weighted by atomic mass is 79.9. The summed E-state index contributed by atoms with van der Waals surface area (Å²) in [5, 5.41) is 0. The first kappa shape index (κ1) is 12.4. The van der Waals surface area contributed by atoms with E-state index in [9.17, 15) is 4.79 Å². The molecular weight excluding hydrogens is 296 g/mol. The normalized spacial score (nSPS) is 10.1. The van der Waals surface area contributed by atoms with Gasteiger partial charge in [-0.05, 0) is 46.3 Å². The van der Waals surface area contributed by atoms with Crippen LogP contribution < -0.4 is 16.2 Å². The van der Waals surface area contributed by atoms with Crippen molar-refractivity contribution in [3.05, 3.63) is 52.5 Å². The molecule has 0 saturated carbocycles. The van der Waals surface area contributed by atoms with Gasteiger partial charge in [0.25, 0.3) is 5.91 Å². The van der Waals surface area contributed by atoms with Gasteiger partial charge in [-0.1, -0.05) is 12.1 Å². The van der Waals surface area contributed by atoms with E-state index in [1.807, 2.05) is 0 Å². The molecule has 0 atom stereocenters. The van der Waals surface area contributed by atoms with Gasteiger partial charge in [-0.25, -0.2) is 0 Å². The second kappa shape index (κ2) is 5.10. The average Bonchev–Trinajstić information content (AvgIpc) is 2.33.